The first-order valence-electron chi connectivity index (χ1n) is 5.79. The van der Waals surface area contributed by atoms with Crippen LogP contribution in [0.3, 0.4) is 0 Å². The number of nitrogens with one attached hydrogen (secondary N) is 1. The fraction of sp³-hybridized carbons (Fsp3) is 0.538. The zero-order valence-electron chi connectivity index (χ0n) is 10.2. The predicted molar refractivity (Wildman–Crippen MR) is 64.3 cm³/mol. The second-order valence-corrected chi connectivity index (χ2v) is 3.79. The highest BCUT2D eigenvalue weighted by Crippen LogP contribution is 2.24. The largest absolute Gasteiger partial charge is 0.494 e. The fourth-order valence-electron chi connectivity index (χ4n) is 1.82. The second kappa shape index (κ2) is 6.48. The molecule has 1 aromatic carbocycles. The molecule has 1 atom stereocenters. The van der Waals surface area contributed by atoms with Gasteiger partial charge in [0.05, 0.1) is 7.11 Å². The van der Waals surface area contributed by atoms with Gasteiger partial charge in [0, 0.05) is 6.04 Å². The number of methoxy groups -OCH3 is 1. The molecule has 0 spiro atoms. The predicted octanol–water partition coefficient (Wildman–Crippen LogP) is 3.29. The van der Waals surface area contributed by atoms with Crippen molar-refractivity contribution in [3.63, 3.8) is 0 Å². The van der Waals surface area contributed by atoms with Crippen LogP contribution in [0.5, 0.6) is 5.75 Å². The molecule has 0 aliphatic rings. The molecule has 0 saturated carbocycles. The molecule has 0 aliphatic carbocycles. The Labute approximate surface area is 96.8 Å². The van der Waals surface area contributed by atoms with Gasteiger partial charge in [0.25, 0.3) is 0 Å². The van der Waals surface area contributed by atoms with Crippen LogP contribution < -0.4 is 10.1 Å². The van der Waals surface area contributed by atoms with Gasteiger partial charge in [-0.05, 0) is 30.7 Å². The highest BCUT2D eigenvalue weighted by Gasteiger charge is 2.11. The van der Waals surface area contributed by atoms with Crippen LogP contribution >= 0.6 is 0 Å². The van der Waals surface area contributed by atoms with E-state index in [4.69, 9.17) is 4.74 Å². The van der Waals surface area contributed by atoms with Crippen molar-refractivity contribution >= 4 is 0 Å². The number of ether oxygens (including phenoxy) is 1. The molecule has 0 bridgehead atoms. The molecule has 2 nitrogen and oxygen atoms in total. The summed E-state index contributed by atoms with van der Waals surface area (Å²) in [5, 5.41) is 3.36. The first-order valence-corrected chi connectivity index (χ1v) is 5.79. The van der Waals surface area contributed by atoms with Gasteiger partial charge in [-0.25, -0.2) is 4.39 Å². The lowest BCUT2D eigenvalue weighted by Crippen LogP contribution is -2.20. The summed E-state index contributed by atoms with van der Waals surface area (Å²) in [6.45, 7) is 5.07. The van der Waals surface area contributed by atoms with Gasteiger partial charge in [-0.1, -0.05) is 26.3 Å². The highest BCUT2D eigenvalue weighted by atomic mass is 19.1. The van der Waals surface area contributed by atoms with Gasteiger partial charge >= 0.3 is 0 Å². The number of rotatable bonds is 6. The first-order chi connectivity index (χ1) is 7.72. The summed E-state index contributed by atoms with van der Waals surface area (Å²) >= 11 is 0. The molecule has 0 heterocycles. The third kappa shape index (κ3) is 3.20. The summed E-state index contributed by atoms with van der Waals surface area (Å²) in [7, 11) is 1.48. The molecule has 1 aromatic rings. The van der Waals surface area contributed by atoms with E-state index in [-0.39, 0.29) is 11.9 Å². The molecule has 1 N–H and O–H groups in total. The van der Waals surface area contributed by atoms with Gasteiger partial charge in [-0.2, -0.15) is 0 Å². The van der Waals surface area contributed by atoms with E-state index in [1.54, 1.807) is 12.1 Å². The van der Waals surface area contributed by atoms with Gasteiger partial charge in [0.2, 0.25) is 0 Å². The van der Waals surface area contributed by atoms with Crippen molar-refractivity contribution in [2.75, 3.05) is 13.7 Å². The van der Waals surface area contributed by atoms with E-state index in [1.807, 2.05) is 6.07 Å². The van der Waals surface area contributed by atoms with E-state index in [1.165, 1.54) is 7.11 Å². The Morgan fingerprint density at radius 1 is 1.38 bits per heavy atom. The Morgan fingerprint density at radius 3 is 2.62 bits per heavy atom. The maximum absolute atomic E-state index is 13.5. The number of halogens is 1. The Kier molecular flexibility index (Phi) is 5.26. The lowest BCUT2D eigenvalue weighted by molar-refractivity contribution is 0.385. The zero-order valence-corrected chi connectivity index (χ0v) is 10.2. The Balaban J connectivity index is 2.87. The maximum atomic E-state index is 13.5. The maximum Gasteiger partial charge on any atom is 0.165 e. The van der Waals surface area contributed by atoms with E-state index >= 15 is 0 Å². The van der Waals surface area contributed by atoms with E-state index in [2.05, 4.69) is 19.2 Å². The van der Waals surface area contributed by atoms with Crippen molar-refractivity contribution in [2.24, 2.45) is 0 Å². The van der Waals surface area contributed by atoms with Crippen molar-refractivity contribution in [3.05, 3.63) is 29.6 Å². The van der Waals surface area contributed by atoms with Crippen LogP contribution in [0, 0.1) is 5.82 Å². The van der Waals surface area contributed by atoms with Gasteiger partial charge in [0.15, 0.2) is 11.6 Å². The van der Waals surface area contributed by atoms with Crippen molar-refractivity contribution in [2.45, 2.75) is 32.7 Å². The molecule has 16 heavy (non-hydrogen) atoms. The normalized spacial score (nSPS) is 12.5. The van der Waals surface area contributed by atoms with Gasteiger partial charge in [0.1, 0.15) is 0 Å². The van der Waals surface area contributed by atoms with Crippen LogP contribution in [-0.4, -0.2) is 13.7 Å². The van der Waals surface area contributed by atoms with Crippen LogP contribution in [0.4, 0.5) is 4.39 Å². The quantitative estimate of drug-likeness (QED) is 0.802. The molecule has 1 rings (SSSR count). The molecule has 3 heteroatoms. The summed E-state index contributed by atoms with van der Waals surface area (Å²) in [4.78, 5) is 0. The average Bonchev–Trinajstić information content (AvgIpc) is 2.28. The molecule has 1 unspecified atom stereocenters. The monoisotopic (exact) mass is 225 g/mol. The number of hydrogen-bond donors (Lipinski definition) is 1. The summed E-state index contributed by atoms with van der Waals surface area (Å²) in [6.07, 6.45) is 2.09. The zero-order chi connectivity index (χ0) is 12.0. The lowest BCUT2D eigenvalue weighted by atomic mass is 10.0. The first kappa shape index (κ1) is 13.0. The molecule has 0 saturated heterocycles. The molecule has 0 amide bonds. The van der Waals surface area contributed by atoms with E-state index in [0.717, 1.165) is 24.9 Å². The summed E-state index contributed by atoms with van der Waals surface area (Å²) in [5.41, 5.74) is 0.988. The topological polar surface area (TPSA) is 21.3 Å². The van der Waals surface area contributed by atoms with Gasteiger partial charge < -0.3 is 10.1 Å². The molecular weight excluding hydrogens is 205 g/mol. The SMILES string of the molecule is CCCC(NCC)c1ccc(OC)c(F)c1. The van der Waals surface area contributed by atoms with Crippen molar-refractivity contribution in [1.29, 1.82) is 0 Å². The minimum Gasteiger partial charge on any atom is -0.494 e. The molecule has 0 radical (unpaired) electrons. The molecule has 90 valence electrons. The Hall–Kier alpha value is -1.09. The van der Waals surface area contributed by atoms with Crippen molar-refractivity contribution in [1.82, 2.24) is 5.32 Å². The van der Waals surface area contributed by atoms with Crippen LogP contribution in [0.15, 0.2) is 18.2 Å². The van der Waals surface area contributed by atoms with Crippen molar-refractivity contribution in [3.8, 4) is 5.75 Å². The molecule has 0 aromatic heterocycles. The standard InChI is InChI=1S/C13H20FNO/c1-4-6-12(15-5-2)10-7-8-13(16-3)11(14)9-10/h7-9,12,15H,4-6H2,1-3H3. The number of hydrogen-bond acceptors (Lipinski definition) is 2. The highest BCUT2D eigenvalue weighted by molar-refractivity contribution is 5.31. The van der Waals surface area contributed by atoms with Crippen LogP contribution in [0.2, 0.25) is 0 Å². The van der Waals surface area contributed by atoms with E-state index in [0.29, 0.717) is 5.75 Å². The minimum atomic E-state index is -0.293. The minimum absolute atomic E-state index is 0.232. The third-order valence-electron chi connectivity index (χ3n) is 2.61. The smallest absolute Gasteiger partial charge is 0.165 e. The summed E-state index contributed by atoms with van der Waals surface area (Å²) in [5.74, 6) is 0.00880. The molecular formula is C13H20FNO. The lowest BCUT2D eigenvalue weighted by Gasteiger charge is -2.18. The number of benzene rings is 1. The van der Waals surface area contributed by atoms with Gasteiger partial charge in [-0.15, -0.1) is 0 Å². The van der Waals surface area contributed by atoms with Crippen LogP contribution in [-0.2, 0) is 0 Å². The second-order valence-electron chi connectivity index (χ2n) is 3.79. The van der Waals surface area contributed by atoms with E-state index in [9.17, 15) is 4.39 Å². The Bertz CT molecular complexity index is 322. The average molecular weight is 225 g/mol. The fourth-order valence-corrected chi connectivity index (χ4v) is 1.82. The molecule has 0 aliphatic heterocycles. The summed E-state index contributed by atoms with van der Waals surface area (Å²) in [6, 6.07) is 5.40. The Morgan fingerprint density at radius 2 is 2.12 bits per heavy atom. The molecule has 0 fully saturated rings. The van der Waals surface area contributed by atoms with Crippen molar-refractivity contribution < 1.29 is 9.13 Å². The van der Waals surface area contributed by atoms with Crippen LogP contribution in [0.25, 0.3) is 0 Å². The van der Waals surface area contributed by atoms with E-state index < -0.39 is 0 Å². The third-order valence-corrected chi connectivity index (χ3v) is 2.61. The van der Waals surface area contributed by atoms with Gasteiger partial charge in [-0.3, -0.25) is 0 Å². The summed E-state index contributed by atoms with van der Waals surface area (Å²) < 4.78 is 18.4. The van der Waals surface area contributed by atoms with Crippen LogP contribution in [0.1, 0.15) is 38.3 Å².